The van der Waals surface area contributed by atoms with Crippen LogP contribution in [0, 0.1) is 10.1 Å². The number of non-ortho nitro benzene ring substituents is 1. The van der Waals surface area contributed by atoms with Gasteiger partial charge in [0.1, 0.15) is 0 Å². The number of carbonyl (C=O) groups is 1. The van der Waals surface area contributed by atoms with Crippen LogP contribution in [0.25, 0.3) is 0 Å². The largest absolute Gasteiger partial charge is 0.336 e. The highest BCUT2D eigenvalue weighted by molar-refractivity contribution is 5.74. The molecular weight excluding hydrogens is 294 g/mol. The molecule has 0 saturated carbocycles. The molecule has 0 unspecified atom stereocenters. The lowest BCUT2D eigenvalue weighted by Crippen LogP contribution is -2.42. The standard InChI is InChI=1S/C17H27N3O3/c1-5-6-7-9-13(2)18-17(21)19(4)14(3)15-10-8-11-16(12-15)20(22)23/h8,10-14H,5-7,9H2,1-4H3,(H,18,21)/t13-,14+/m0/s1. The Balaban J connectivity index is 2.64. The Morgan fingerprint density at radius 3 is 2.65 bits per heavy atom. The number of nitro groups is 1. The third-order valence-electron chi connectivity index (χ3n) is 4.08. The van der Waals surface area contributed by atoms with E-state index in [4.69, 9.17) is 0 Å². The summed E-state index contributed by atoms with van der Waals surface area (Å²) in [7, 11) is 1.71. The van der Waals surface area contributed by atoms with Crippen LogP contribution in [0.4, 0.5) is 10.5 Å². The molecule has 1 aromatic carbocycles. The summed E-state index contributed by atoms with van der Waals surface area (Å²) >= 11 is 0. The molecule has 2 atom stereocenters. The van der Waals surface area contributed by atoms with Gasteiger partial charge in [-0.15, -0.1) is 0 Å². The van der Waals surface area contributed by atoms with Gasteiger partial charge in [-0.2, -0.15) is 0 Å². The molecular formula is C17H27N3O3. The Kier molecular flexibility index (Phi) is 7.51. The summed E-state index contributed by atoms with van der Waals surface area (Å²) in [6.07, 6.45) is 4.38. The van der Waals surface area contributed by atoms with Gasteiger partial charge in [0.05, 0.1) is 11.0 Å². The average Bonchev–Trinajstić information content (AvgIpc) is 2.53. The smallest absolute Gasteiger partial charge is 0.317 e. The fraction of sp³-hybridized carbons (Fsp3) is 0.588. The van der Waals surface area contributed by atoms with E-state index < -0.39 is 4.92 Å². The second-order valence-electron chi connectivity index (χ2n) is 5.99. The normalized spacial score (nSPS) is 13.2. The van der Waals surface area contributed by atoms with Gasteiger partial charge < -0.3 is 10.2 Å². The highest BCUT2D eigenvalue weighted by Gasteiger charge is 2.20. The SMILES string of the molecule is CCCCC[C@H](C)NC(=O)N(C)[C@H](C)c1cccc([N+](=O)[O-])c1. The molecule has 0 aliphatic heterocycles. The monoisotopic (exact) mass is 321 g/mol. The van der Waals surface area contributed by atoms with Gasteiger partial charge in [-0.25, -0.2) is 4.79 Å². The average molecular weight is 321 g/mol. The summed E-state index contributed by atoms with van der Waals surface area (Å²) in [4.78, 5) is 24.3. The predicted molar refractivity (Wildman–Crippen MR) is 91.4 cm³/mol. The molecule has 23 heavy (non-hydrogen) atoms. The van der Waals surface area contributed by atoms with E-state index >= 15 is 0 Å². The van der Waals surface area contributed by atoms with Crippen LogP contribution in [0.2, 0.25) is 0 Å². The molecule has 1 aromatic rings. The summed E-state index contributed by atoms with van der Waals surface area (Å²) < 4.78 is 0. The van der Waals surface area contributed by atoms with E-state index in [1.807, 2.05) is 13.8 Å². The zero-order valence-electron chi connectivity index (χ0n) is 14.4. The lowest BCUT2D eigenvalue weighted by atomic mass is 10.1. The maximum Gasteiger partial charge on any atom is 0.317 e. The molecule has 0 fully saturated rings. The van der Waals surface area contributed by atoms with Gasteiger partial charge >= 0.3 is 6.03 Å². The highest BCUT2D eigenvalue weighted by atomic mass is 16.6. The highest BCUT2D eigenvalue weighted by Crippen LogP contribution is 2.23. The van der Waals surface area contributed by atoms with Crippen LogP contribution in [0.15, 0.2) is 24.3 Å². The first kappa shape index (κ1) is 18.9. The molecule has 0 aromatic heterocycles. The van der Waals surface area contributed by atoms with Crippen molar-refractivity contribution in [2.24, 2.45) is 0 Å². The first-order chi connectivity index (χ1) is 10.9. The molecule has 0 spiro atoms. The van der Waals surface area contributed by atoms with Crippen LogP contribution in [0.1, 0.15) is 58.1 Å². The lowest BCUT2D eigenvalue weighted by Gasteiger charge is -2.27. The Bertz CT molecular complexity index is 534. The minimum Gasteiger partial charge on any atom is -0.336 e. The molecule has 0 aliphatic carbocycles. The van der Waals surface area contributed by atoms with Crippen molar-refractivity contribution in [1.82, 2.24) is 10.2 Å². The fourth-order valence-corrected chi connectivity index (χ4v) is 2.38. The third kappa shape index (κ3) is 5.88. The maximum atomic E-state index is 12.3. The van der Waals surface area contributed by atoms with Gasteiger partial charge in [0.25, 0.3) is 5.69 Å². The molecule has 128 valence electrons. The summed E-state index contributed by atoms with van der Waals surface area (Å²) in [5, 5.41) is 13.8. The zero-order valence-corrected chi connectivity index (χ0v) is 14.4. The lowest BCUT2D eigenvalue weighted by molar-refractivity contribution is -0.384. The minimum atomic E-state index is -0.425. The van der Waals surface area contributed by atoms with Crippen LogP contribution in [-0.2, 0) is 0 Å². The molecule has 0 radical (unpaired) electrons. The van der Waals surface area contributed by atoms with Crippen LogP contribution in [-0.4, -0.2) is 28.9 Å². The Morgan fingerprint density at radius 2 is 2.04 bits per heavy atom. The summed E-state index contributed by atoms with van der Waals surface area (Å²) in [6.45, 7) is 6.01. The summed E-state index contributed by atoms with van der Waals surface area (Å²) in [5.41, 5.74) is 0.784. The number of rotatable bonds is 8. The van der Waals surface area contributed by atoms with E-state index in [-0.39, 0.29) is 23.8 Å². The Labute approximate surface area is 138 Å². The predicted octanol–water partition coefficient (Wildman–Crippen LogP) is 4.27. The van der Waals surface area contributed by atoms with Crippen molar-refractivity contribution in [3.05, 3.63) is 39.9 Å². The van der Waals surface area contributed by atoms with Crippen molar-refractivity contribution < 1.29 is 9.72 Å². The van der Waals surface area contributed by atoms with E-state index in [2.05, 4.69) is 12.2 Å². The van der Waals surface area contributed by atoms with Gasteiger partial charge in [0, 0.05) is 25.2 Å². The molecule has 1 rings (SSSR count). The number of benzene rings is 1. The molecule has 0 heterocycles. The number of nitrogens with one attached hydrogen (secondary N) is 1. The zero-order chi connectivity index (χ0) is 17.4. The number of unbranched alkanes of at least 4 members (excludes halogenated alkanes) is 2. The van der Waals surface area contributed by atoms with Gasteiger partial charge in [-0.3, -0.25) is 10.1 Å². The molecule has 0 aliphatic rings. The topological polar surface area (TPSA) is 75.5 Å². The van der Waals surface area contributed by atoms with Gasteiger partial charge in [-0.1, -0.05) is 38.3 Å². The van der Waals surface area contributed by atoms with Gasteiger partial charge in [0.2, 0.25) is 0 Å². The molecule has 0 bridgehead atoms. The Hall–Kier alpha value is -2.11. The van der Waals surface area contributed by atoms with Crippen LogP contribution in [0.5, 0.6) is 0 Å². The van der Waals surface area contributed by atoms with E-state index in [9.17, 15) is 14.9 Å². The van der Waals surface area contributed by atoms with Gasteiger partial charge in [-0.05, 0) is 25.8 Å². The van der Waals surface area contributed by atoms with Crippen LogP contribution in [0.3, 0.4) is 0 Å². The minimum absolute atomic E-state index is 0.0380. The number of nitro benzene ring substituents is 1. The van der Waals surface area contributed by atoms with Crippen molar-refractivity contribution in [2.75, 3.05) is 7.05 Å². The van der Waals surface area contributed by atoms with E-state index in [0.29, 0.717) is 0 Å². The molecule has 2 amide bonds. The number of carbonyl (C=O) groups excluding carboxylic acids is 1. The molecule has 6 heteroatoms. The first-order valence-electron chi connectivity index (χ1n) is 8.14. The number of urea groups is 1. The van der Waals surface area contributed by atoms with Crippen molar-refractivity contribution in [1.29, 1.82) is 0 Å². The number of hydrogen-bond donors (Lipinski definition) is 1. The van der Waals surface area contributed by atoms with Crippen molar-refractivity contribution >= 4 is 11.7 Å². The van der Waals surface area contributed by atoms with Crippen molar-refractivity contribution in [2.45, 2.75) is 58.5 Å². The maximum absolute atomic E-state index is 12.3. The van der Waals surface area contributed by atoms with E-state index in [1.165, 1.54) is 18.6 Å². The Morgan fingerprint density at radius 1 is 1.35 bits per heavy atom. The van der Waals surface area contributed by atoms with Gasteiger partial charge in [0.15, 0.2) is 0 Å². The second-order valence-corrected chi connectivity index (χ2v) is 5.99. The molecule has 1 N–H and O–H groups in total. The number of nitrogens with zero attached hydrogens (tertiary/aromatic N) is 2. The van der Waals surface area contributed by atoms with E-state index in [0.717, 1.165) is 24.8 Å². The van der Waals surface area contributed by atoms with E-state index in [1.54, 1.807) is 24.1 Å². The summed E-state index contributed by atoms with van der Waals surface area (Å²) in [6, 6.07) is 6.13. The summed E-state index contributed by atoms with van der Waals surface area (Å²) in [5.74, 6) is 0. The number of amides is 2. The molecule has 6 nitrogen and oxygen atoms in total. The molecule has 0 saturated heterocycles. The van der Waals surface area contributed by atoms with Crippen molar-refractivity contribution in [3.8, 4) is 0 Å². The third-order valence-corrected chi connectivity index (χ3v) is 4.08. The van der Waals surface area contributed by atoms with Crippen LogP contribution < -0.4 is 5.32 Å². The number of hydrogen-bond acceptors (Lipinski definition) is 3. The van der Waals surface area contributed by atoms with Crippen LogP contribution >= 0.6 is 0 Å². The quantitative estimate of drug-likeness (QED) is 0.441. The fourth-order valence-electron chi connectivity index (χ4n) is 2.38. The van der Waals surface area contributed by atoms with Crippen molar-refractivity contribution in [3.63, 3.8) is 0 Å². The second kappa shape index (κ2) is 9.12. The first-order valence-corrected chi connectivity index (χ1v) is 8.14.